The molecule has 142 valence electrons. The molecule has 1 atom stereocenters. The molecule has 0 saturated carbocycles. The summed E-state index contributed by atoms with van der Waals surface area (Å²) in [6.45, 7) is 1.91. The quantitative estimate of drug-likeness (QED) is 0.725. The van der Waals surface area contributed by atoms with Gasteiger partial charge in [0.15, 0.2) is 0 Å². The molecular formula is C18H19FN4O4. The number of nitrogens with zero attached hydrogens (tertiary/aromatic N) is 1. The molecule has 1 aliphatic heterocycles. The maximum absolute atomic E-state index is 14.4. The minimum Gasteiger partial charge on any atom is -0.481 e. The van der Waals surface area contributed by atoms with Crippen molar-refractivity contribution in [2.45, 2.75) is 6.10 Å². The fourth-order valence-electron chi connectivity index (χ4n) is 2.67. The molecule has 1 aliphatic rings. The highest BCUT2D eigenvalue weighted by atomic mass is 19.1. The van der Waals surface area contributed by atoms with Crippen molar-refractivity contribution in [2.75, 3.05) is 32.1 Å². The zero-order valence-electron chi connectivity index (χ0n) is 14.6. The van der Waals surface area contributed by atoms with E-state index < -0.39 is 17.6 Å². The van der Waals surface area contributed by atoms with E-state index in [1.165, 1.54) is 31.4 Å². The summed E-state index contributed by atoms with van der Waals surface area (Å²) >= 11 is 0. The molecule has 2 aromatic rings. The molecule has 1 aromatic heterocycles. The fourth-order valence-corrected chi connectivity index (χ4v) is 2.67. The average molecular weight is 374 g/mol. The molecule has 0 bridgehead atoms. The average Bonchev–Trinajstić information content (AvgIpc) is 2.69. The van der Waals surface area contributed by atoms with Crippen LogP contribution in [0.25, 0.3) is 0 Å². The molecule has 3 rings (SSSR count). The summed E-state index contributed by atoms with van der Waals surface area (Å²) in [5, 5.41) is 5.64. The van der Waals surface area contributed by atoms with Crippen molar-refractivity contribution in [2.24, 2.45) is 5.73 Å². The number of benzene rings is 1. The van der Waals surface area contributed by atoms with E-state index >= 15 is 0 Å². The first-order valence-corrected chi connectivity index (χ1v) is 8.27. The summed E-state index contributed by atoms with van der Waals surface area (Å²) < 4.78 is 25.0. The van der Waals surface area contributed by atoms with Gasteiger partial charge < -0.3 is 25.8 Å². The number of hydrogen-bond donors (Lipinski definition) is 3. The van der Waals surface area contributed by atoms with Crippen LogP contribution >= 0.6 is 0 Å². The minimum atomic E-state index is -0.806. The van der Waals surface area contributed by atoms with E-state index in [-0.39, 0.29) is 28.9 Å². The minimum absolute atomic E-state index is 0.00363. The van der Waals surface area contributed by atoms with Gasteiger partial charge in [0.05, 0.1) is 25.5 Å². The number of ether oxygens (including phenoxy) is 2. The SMILES string of the molecule is COc1cc(C(=O)Nc2ccc(C3CNCCO3)cc2F)cc(C(N)=O)n1. The summed E-state index contributed by atoms with van der Waals surface area (Å²) in [4.78, 5) is 27.6. The second kappa shape index (κ2) is 8.11. The molecule has 0 radical (unpaired) electrons. The van der Waals surface area contributed by atoms with Gasteiger partial charge >= 0.3 is 0 Å². The summed E-state index contributed by atoms with van der Waals surface area (Å²) in [5.74, 6) is -1.97. The first-order valence-electron chi connectivity index (χ1n) is 8.27. The van der Waals surface area contributed by atoms with Crippen LogP contribution in [0.15, 0.2) is 30.3 Å². The van der Waals surface area contributed by atoms with Gasteiger partial charge in [0, 0.05) is 24.7 Å². The molecule has 9 heteroatoms. The van der Waals surface area contributed by atoms with Crippen molar-refractivity contribution in [3.63, 3.8) is 0 Å². The largest absolute Gasteiger partial charge is 0.481 e. The maximum atomic E-state index is 14.4. The van der Waals surface area contributed by atoms with Gasteiger partial charge in [0.2, 0.25) is 5.88 Å². The lowest BCUT2D eigenvalue weighted by atomic mass is 10.1. The third kappa shape index (κ3) is 4.39. The number of carbonyl (C=O) groups excluding carboxylic acids is 2. The number of aromatic nitrogens is 1. The lowest BCUT2D eigenvalue weighted by molar-refractivity contribution is 0.0275. The number of anilines is 1. The van der Waals surface area contributed by atoms with Crippen molar-refractivity contribution in [3.05, 3.63) is 53.0 Å². The number of primary amides is 1. The van der Waals surface area contributed by atoms with Crippen LogP contribution in [0.3, 0.4) is 0 Å². The number of rotatable bonds is 5. The molecule has 1 saturated heterocycles. The Morgan fingerprint density at radius 3 is 2.81 bits per heavy atom. The van der Waals surface area contributed by atoms with Crippen LogP contribution in [0.1, 0.15) is 32.5 Å². The number of nitrogens with two attached hydrogens (primary N) is 1. The molecule has 8 nitrogen and oxygen atoms in total. The molecule has 2 heterocycles. The van der Waals surface area contributed by atoms with Crippen molar-refractivity contribution in [1.29, 1.82) is 0 Å². The van der Waals surface area contributed by atoms with Crippen molar-refractivity contribution in [1.82, 2.24) is 10.3 Å². The van der Waals surface area contributed by atoms with Gasteiger partial charge in [0.1, 0.15) is 11.5 Å². The lowest BCUT2D eigenvalue weighted by Gasteiger charge is -2.24. The number of pyridine rings is 1. The Bertz CT molecular complexity index is 868. The van der Waals surface area contributed by atoms with Crippen LogP contribution in [0.4, 0.5) is 10.1 Å². The topological polar surface area (TPSA) is 116 Å². The lowest BCUT2D eigenvalue weighted by Crippen LogP contribution is -2.33. The van der Waals surface area contributed by atoms with Gasteiger partial charge in [-0.05, 0) is 23.8 Å². The molecule has 1 fully saturated rings. The number of carbonyl (C=O) groups is 2. The van der Waals surface area contributed by atoms with Gasteiger partial charge in [0.25, 0.3) is 11.8 Å². The van der Waals surface area contributed by atoms with Crippen LogP contribution < -0.4 is 21.1 Å². The zero-order chi connectivity index (χ0) is 19.4. The Morgan fingerprint density at radius 2 is 2.19 bits per heavy atom. The Morgan fingerprint density at radius 1 is 1.37 bits per heavy atom. The second-order valence-electron chi connectivity index (χ2n) is 5.90. The fraction of sp³-hybridized carbons (Fsp3) is 0.278. The molecule has 4 N–H and O–H groups in total. The number of hydrogen-bond acceptors (Lipinski definition) is 6. The van der Waals surface area contributed by atoms with Crippen LogP contribution in [-0.4, -0.2) is 43.6 Å². The standard InChI is InChI=1S/C18H19FN4O4/c1-26-16-8-11(7-14(22-16)17(20)24)18(25)23-13-3-2-10(6-12(13)19)15-9-21-4-5-27-15/h2-3,6-8,15,21H,4-5,9H2,1H3,(H2,20,24)(H,23,25). The monoisotopic (exact) mass is 374 g/mol. The highest BCUT2D eigenvalue weighted by molar-refractivity contribution is 6.06. The van der Waals surface area contributed by atoms with Gasteiger partial charge in [-0.3, -0.25) is 9.59 Å². The molecule has 1 aromatic carbocycles. The molecule has 0 spiro atoms. The van der Waals surface area contributed by atoms with Crippen molar-refractivity contribution in [3.8, 4) is 5.88 Å². The number of morpholine rings is 1. The van der Waals surface area contributed by atoms with Crippen LogP contribution in [0.2, 0.25) is 0 Å². The number of nitrogens with one attached hydrogen (secondary N) is 2. The van der Waals surface area contributed by atoms with E-state index in [4.69, 9.17) is 15.2 Å². The number of methoxy groups -OCH3 is 1. The van der Waals surface area contributed by atoms with Crippen LogP contribution in [0, 0.1) is 5.82 Å². The van der Waals surface area contributed by atoms with E-state index in [1.54, 1.807) is 6.07 Å². The Labute approximate surface area is 154 Å². The van der Waals surface area contributed by atoms with E-state index in [0.29, 0.717) is 18.7 Å². The first kappa shape index (κ1) is 18.7. The Balaban J connectivity index is 1.79. The van der Waals surface area contributed by atoms with Gasteiger partial charge in [-0.1, -0.05) is 6.07 Å². The summed E-state index contributed by atoms with van der Waals surface area (Å²) in [7, 11) is 1.34. The smallest absolute Gasteiger partial charge is 0.267 e. The summed E-state index contributed by atoms with van der Waals surface area (Å²) in [6, 6.07) is 7.03. The van der Waals surface area contributed by atoms with Gasteiger partial charge in [-0.25, -0.2) is 9.37 Å². The number of halogens is 1. The normalized spacial score (nSPS) is 16.6. The van der Waals surface area contributed by atoms with E-state index in [0.717, 1.165) is 6.54 Å². The van der Waals surface area contributed by atoms with Crippen molar-refractivity contribution >= 4 is 17.5 Å². The first-order chi connectivity index (χ1) is 13.0. The Kier molecular flexibility index (Phi) is 5.63. The van der Waals surface area contributed by atoms with Crippen LogP contribution in [0.5, 0.6) is 5.88 Å². The number of amides is 2. The zero-order valence-corrected chi connectivity index (χ0v) is 14.6. The molecule has 1 unspecified atom stereocenters. The van der Waals surface area contributed by atoms with E-state index in [2.05, 4.69) is 15.6 Å². The van der Waals surface area contributed by atoms with Crippen molar-refractivity contribution < 1.29 is 23.5 Å². The summed E-state index contributed by atoms with van der Waals surface area (Å²) in [6.07, 6.45) is -0.236. The highest BCUT2D eigenvalue weighted by Crippen LogP contribution is 2.24. The summed E-state index contributed by atoms with van der Waals surface area (Å²) in [5.41, 5.74) is 5.83. The Hall–Kier alpha value is -3.04. The van der Waals surface area contributed by atoms with Gasteiger partial charge in [-0.15, -0.1) is 0 Å². The highest BCUT2D eigenvalue weighted by Gasteiger charge is 2.19. The molecule has 2 amide bonds. The molecule has 27 heavy (non-hydrogen) atoms. The molecule has 0 aliphatic carbocycles. The predicted octanol–water partition coefficient (Wildman–Crippen LogP) is 1.24. The molecular weight excluding hydrogens is 355 g/mol. The predicted molar refractivity (Wildman–Crippen MR) is 95.2 cm³/mol. The third-order valence-electron chi connectivity index (χ3n) is 4.07. The van der Waals surface area contributed by atoms with E-state index in [1.807, 2.05) is 0 Å². The van der Waals surface area contributed by atoms with Crippen LogP contribution in [-0.2, 0) is 4.74 Å². The second-order valence-corrected chi connectivity index (χ2v) is 5.90. The third-order valence-corrected chi connectivity index (χ3v) is 4.07. The van der Waals surface area contributed by atoms with Gasteiger partial charge in [-0.2, -0.15) is 0 Å². The van der Waals surface area contributed by atoms with E-state index in [9.17, 15) is 14.0 Å². The maximum Gasteiger partial charge on any atom is 0.267 e.